The van der Waals surface area contributed by atoms with Crippen LogP contribution < -0.4 is 11.1 Å². The maximum Gasteiger partial charge on any atom is 0.251 e. The lowest BCUT2D eigenvalue weighted by Gasteiger charge is -2.07. The molecule has 4 nitrogen and oxygen atoms in total. The number of nitrogens with zero attached hydrogens (tertiary/aromatic N) is 1. The van der Waals surface area contributed by atoms with Gasteiger partial charge in [0.25, 0.3) is 5.91 Å². The molecule has 0 unspecified atom stereocenters. The number of nitrogen functional groups attached to an aromatic ring is 1. The highest BCUT2D eigenvalue weighted by Crippen LogP contribution is 2.09. The van der Waals surface area contributed by atoms with Gasteiger partial charge in [-0.2, -0.15) is 0 Å². The Hall–Kier alpha value is -2.43. The fourth-order valence-corrected chi connectivity index (χ4v) is 1.74. The minimum absolute atomic E-state index is 0.132. The van der Waals surface area contributed by atoms with Gasteiger partial charge in [-0.3, -0.25) is 4.79 Å². The van der Waals surface area contributed by atoms with Crippen LogP contribution in [-0.4, -0.2) is 10.9 Å². The molecule has 98 valence electrons. The summed E-state index contributed by atoms with van der Waals surface area (Å²) in [7, 11) is 0. The van der Waals surface area contributed by atoms with Crippen molar-refractivity contribution in [1.82, 2.24) is 10.3 Å². The van der Waals surface area contributed by atoms with E-state index in [0.29, 0.717) is 16.8 Å². The number of benzene rings is 1. The SMILES string of the molecule is Cc1cc(C(=O)NCc2ccccc2F)cc(N)n1. The zero-order valence-electron chi connectivity index (χ0n) is 10.5. The Morgan fingerprint density at radius 3 is 2.79 bits per heavy atom. The first kappa shape index (κ1) is 13.0. The van der Waals surface area contributed by atoms with Crippen LogP contribution in [0.3, 0.4) is 0 Å². The average molecular weight is 259 g/mol. The quantitative estimate of drug-likeness (QED) is 0.886. The number of anilines is 1. The minimum Gasteiger partial charge on any atom is -0.384 e. The smallest absolute Gasteiger partial charge is 0.251 e. The van der Waals surface area contributed by atoms with Gasteiger partial charge in [0.2, 0.25) is 0 Å². The van der Waals surface area contributed by atoms with Gasteiger partial charge in [0.1, 0.15) is 11.6 Å². The number of aryl methyl sites for hydroxylation is 1. The van der Waals surface area contributed by atoms with Crippen molar-refractivity contribution in [1.29, 1.82) is 0 Å². The molecule has 0 saturated heterocycles. The van der Waals surface area contributed by atoms with Crippen LogP contribution in [0.5, 0.6) is 0 Å². The standard InChI is InChI=1S/C14H14FN3O/c1-9-6-11(7-13(16)18-9)14(19)17-8-10-4-2-3-5-12(10)15/h2-7H,8H2,1H3,(H2,16,18)(H,17,19). The van der Waals surface area contributed by atoms with Gasteiger partial charge in [-0.1, -0.05) is 18.2 Å². The summed E-state index contributed by atoms with van der Waals surface area (Å²) in [5.41, 5.74) is 7.10. The van der Waals surface area contributed by atoms with Crippen LogP contribution in [0.2, 0.25) is 0 Å². The molecule has 3 N–H and O–H groups in total. The molecule has 2 rings (SSSR count). The molecule has 0 fully saturated rings. The number of carbonyl (C=O) groups is 1. The van der Waals surface area contributed by atoms with Crippen molar-refractivity contribution in [2.45, 2.75) is 13.5 Å². The average Bonchev–Trinajstić information content (AvgIpc) is 2.36. The summed E-state index contributed by atoms with van der Waals surface area (Å²) < 4.78 is 13.4. The topological polar surface area (TPSA) is 68.0 Å². The van der Waals surface area contributed by atoms with Crippen molar-refractivity contribution >= 4 is 11.7 Å². The van der Waals surface area contributed by atoms with Crippen molar-refractivity contribution < 1.29 is 9.18 Å². The van der Waals surface area contributed by atoms with E-state index < -0.39 is 0 Å². The second kappa shape index (κ2) is 5.48. The van der Waals surface area contributed by atoms with Crippen LogP contribution in [0.4, 0.5) is 10.2 Å². The van der Waals surface area contributed by atoms with Crippen LogP contribution in [0.25, 0.3) is 0 Å². The Morgan fingerprint density at radius 1 is 1.37 bits per heavy atom. The number of amides is 1. The van der Waals surface area contributed by atoms with Crippen molar-refractivity contribution in [2.24, 2.45) is 0 Å². The minimum atomic E-state index is -0.340. The molecule has 0 atom stereocenters. The first-order valence-electron chi connectivity index (χ1n) is 5.82. The van der Waals surface area contributed by atoms with Crippen LogP contribution in [-0.2, 0) is 6.54 Å². The first-order valence-corrected chi connectivity index (χ1v) is 5.82. The lowest BCUT2D eigenvalue weighted by Crippen LogP contribution is -2.23. The number of pyridine rings is 1. The molecule has 1 heterocycles. The number of halogens is 1. The molecule has 0 aliphatic heterocycles. The molecule has 0 bridgehead atoms. The fraction of sp³-hybridized carbons (Fsp3) is 0.143. The summed E-state index contributed by atoms with van der Waals surface area (Å²) in [6, 6.07) is 9.43. The number of hydrogen-bond donors (Lipinski definition) is 2. The lowest BCUT2D eigenvalue weighted by atomic mass is 10.2. The van der Waals surface area contributed by atoms with E-state index in [2.05, 4.69) is 10.3 Å². The van der Waals surface area contributed by atoms with E-state index in [-0.39, 0.29) is 24.1 Å². The molecule has 1 aromatic carbocycles. The molecular formula is C14H14FN3O. The Morgan fingerprint density at radius 2 is 2.11 bits per heavy atom. The van der Waals surface area contributed by atoms with E-state index in [1.165, 1.54) is 12.1 Å². The van der Waals surface area contributed by atoms with Crippen molar-refractivity contribution in [3.8, 4) is 0 Å². The van der Waals surface area contributed by atoms with Crippen LogP contribution in [0, 0.1) is 12.7 Å². The molecule has 1 aromatic heterocycles. The Balaban J connectivity index is 2.08. The van der Waals surface area contributed by atoms with Gasteiger partial charge >= 0.3 is 0 Å². The summed E-state index contributed by atoms with van der Waals surface area (Å²) in [6.45, 7) is 1.89. The van der Waals surface area contributed by atoms with Gasteiger partial charge in [-0.15, -0.1) is 0 Å². The van der Waals surface area contributed by atoms with E-state index in [1.807, 2.05) is 0 Å². The third-order valence-electron chi connectivity index (χ3n) is 2.63. The normalized spacial score (nSPS) is 10.2. The van der Waals surface area contributed by atoms with Gasteiger partial charge in [-0.25, -0.2) is 9.37 Å². The number of carbonyl (C=O) groups excluding carboxylic acids is 1. The Bertz CT molecular complexity index is 593. The number of nitrogens with one attached hydrogen (secondary N) is 1. The maximum absolute atomic E-state index is 13.4. The number of aromatic nitrogens is 1. The summed E-state index contributed by atoms with van der Waals surface area (Å²) >= 11 is 0. The van der Waals surface area contributed by atoms with Gasteiger partial charge in [0, 0.05) is 23.4 Å². The van der Waals surface area contributed by atoms with Crippen molar-refractivity contribution in [3.63, 3.8) is 0 Å². The zero-order chi connectivity index (χ0) is 13.8. The predicted molar refractivity (Wildman–Crippen MR) is 71.0 cm³/mol. The lowest BCUT2D eigenvalue weighted by molar-refractivity contribution is 0.0950. The monoisotopic (exact) mass is 259 g/mol. The molecule has 0 aliphatic rings. The Labute approximate surface area is 110 Å². The predicted octanol–water partition coefficient (Wildman–Crippen LogP) is 2.04. The van der Waals surface area contributed by atoms with Gasteiger partial charge in [-0.05, 0) is 25.1 Å². The van der Waals surface area contributed by atoms with E-state index in [0.717, 1.165) is 0 Å². The molecule has 1 amide bonds. The van der Waals surface area contributed by atoms with Crippen LogP contribution in [0.15, 0.2) is 36.4 Å². The highest BCUT2D eigenvalue weighted by molar-refractivity contribution is 5.94. The van der Waals surface area contributed by atoms with Crippen LogP contribution >= 0.6 is 0 Å². The molecule has 0 spiro atoms. The summed E-state index contributed by atoms with van der Waals surface area (Å²) in [4.78, 5) is 15.9. The van der Waals surface area contributed by atoms with E-state index in [1.54, 1.807) is 31.2 Å². The highest BCUT2D eigenvalue weighted by atomic mass is 19.1. The maximum atomic E-state index is 13.4. The summed E-state index contributed by atoms with van der Waals surface area (Å²) in [6.07, 6.45) is 0. The van der Waals surface area contributed by atoms with E-state index in [4.69, 9.17) is 5.73 Å². The molecule has 0 saturated carbocycles. The first-order chi connectivity index (χ1) is 9.06. The third-order valence-corrected chi connectivity index (χ3v) is 2.63. The summed E-state index contributed by atoms with van der Waals surface area (Å²) in [5.74, 6) is -0.357. The second-order valence-corrected chi connectivity index (χ2v) is 4.20. The Kier molecular flexibility index (Phi) is 3.75. The van der Waals surface area contributed by atoms with E-state index in [9.17, 15) is 9.18 Å². The number of nitrogens with two attached hydrogens (primary N) is 1. The number of rotatable bonds is 3. The van der Waals surface area contributed by atoms with Crippen molar-refractivity contribution in [2.75, 3.05) is 5.73 Å². The molecule has 2 aromatic rings. The zero-order valence-corrected chi connectivity index (χ0v) is 10.5. The summed E-state index contributed by atoms with van der Waals surface area (Å²) in [5, 5.41) is 2.65. The number of hydrogen-bond acceptors (Lipinski definition) is 3. The van der Waals surface area contributed by atoms with Gasteiger partial charge in [0.15, 0.2) is 0 Å². The molecule has 0 radical (unpaired) electrons. The molecular weight excluding hydrogens is 245 g/mol. The molecule has 0 aliphatic carbocycles. The fourth-order valence-electron chi connectivity index (χ4n) is 1.74. The molecule has 5 heteroatoms. The molecule has 19 heavy (non-hydrogen) atoms. The van der Waals surface area contributed by atoms with E-state index >= 15 is 0 Å². The van der Waals surface area contributed by atoms with Gasteiger partial charge < -0.3 is 11.1 Å². The van der Waals surface area contributed by atoms with Crippen LogP contribution in [0.1, 0.15) is 21.6 Å². The van der Waals surface area contributed by atoms with Crippen molar-refractivity contribution in [3.05, 3.63) is 59.0 Å². The highest BCUT2D eigenvalue weighted by Gasteiger charge is 2.08. The third kappa shape index (κ3) is 3.28. The van der Waals surface area contributed by atoms with Gasteiger partial charge in [0.05, 0.1) is 0 Å². The largest absolute Gasteiger partial charge is 0.384 e. The second-order valence-electron chi connectivity index (χ2n) is 4.20.